The normalized spacial score (nSPS) is 13.6. The van der Waals surface area contributed by atoms with Crippen molar-refractivity contribution in [2.24, 2.45) is 0 Å². The average molecular weight is 387 g/mol. The van der Waals surface area contributed by atoms with Crippen LogP contribution in [0.25, 0.3) is 0 Å². The van der Waals surface area contributed by atoms with E-state index in [1.165, 1.54) is 24.1 Å². The Hall–Kier alpha value is -3.29. The Kier molecular flexibility index (Phi) is 5.98. The molecule has 3 amide bonds. The molecular weight excluding hydrogens is 365 g/mol. The van der Waals surface area contributed by atoms with Crippen molar-refractivity contribution in [3.05, 3.63) is 53.8 Å². The summed E-state index contributed by atoms with van der Waals surface area (Å²) in [5, 5.41) is 2.74. The lowest BCUT2D eigenvalue weighted by Crippen LogP contribution is -2.39. The molecule has 0 aliphatic carbocycles. The SMILES string of the molecule is COc1ccc(N2CCN(CC(=O)NCc3ccc(F)cc3)C2=O)cc1OC. The van der Waals surface area contributed by atoms with E-state index in [9.17, 15) is 14.0 Å². The van der Waals surface area contributed by atoms with Gasteiger partial charge >= 0.3 is 6.03 Å². The fraction of sp³-hybridized carbons (Fsp3) is 0.300. The zero-order valence-electron chi connectivity index (χ0n) is 15.8. The molecule has 1 aliphatic heterocycles. The molecule has 1 saturated heterocycles. The second-order valence-electron chi connectivity index (χ2n) is 6.30. The standard InChI is InChI=1S/C20H22FN3O4/c1-27-17-8-7-16(11-18(17)28-2)24-10-9-23(20(24)26)13-19(25)22-12-14-3-5-15(21)6-4-14/h3-8,11H,9-10,12-13H2,1-2H3,(H,22,25). The van der Waals surface area contributed by atoms with Gasteiger partial charge in [-0.25, -0.2) is 9.18 Å². The van der Waals surface area contributed by atoms with E-state index >= 15 is 0 Å². The Bertz CT molecular complexity index is 857. The van der Waals surface area contributed by atoms with Gasteiger partial charge in [0, 0.05) is 31.4 Å². The molecule has 2 aromatic carbocycles. The highest BCUT2D eigenvalue weighted by Gasteiger charge is 2.31. The maximum atomic E-state index is 12.9. The molecule has 0 bridgehead atoms. The first-order chi connectivity index (χ1) is 13.5. The third kappa shape index (κ3) is 4.33. The molecule has 0 unspecified atom stereocenters. The number of nitrogens with zero attached hydrogens (tertiary/aromatic N) is 2. The largest absolute Gasteiger partial charge is 0.493 e. The summed E-state index contributed by atoms with van der Waals surface area (Å²) in [6.07, 6.45) is 0. The molecule has 28 heavy (non-hydrogen) atoms. The summed E-state index contributed by atoms with van der Waals surface area (Å²) >= 11 is 0. The molecule has 1 heterocycles. The molecule has 1 N–H and O–H groups in total. The summed E-state index contributed by atoms with van der Waals surface area (Å²) in [5.74, 6) is 0.512. The molecule has 0 saturated carbocycles. The molecule has 7 nitrogen and oxygen atoms in total. The van der Waals surface area contributed by atoms with Crippen molar-refractivity contribution in [2.45, 2.75) is 6.54 Å². The summed E-state index contributed by atoms with van der Waals surface area (Å²) in [4.78, 5) is 27.9. The quantitative estimate of drug-likeness (QED) is 0.792. The lowest BCUT2D eigenvalue weighted by molar-refractivity contribution is -0.121. The number of anilines is 1. The molecule has 1 fully saturated rings. The number of benzene rings is 2. The highest BCUT2D eigenvalue weighted by atomic mass is 19.1. The van der Waals surface area contributed by atoms with Gasteiger partial charge in [-0.2, -0.15) is 0 Å². The summed E-state index contributed by atoms with van der Waals surface area (Å²) in [6, 6.07) is 10.9. The van der Waals surface area contributed by atoms with Crippen LogP contribution in [0.2, 0.25) is 0 Å². The molecular formula is C20H22FN3O4. The number of hydrogen-bond acceptors (Lipinski definition) is 4. The van der Waals surface area contributed by atoms with Crippen LogP contribution in [0.5, 0.6) is 11.5 Å². The maximum absolute atomic E-state index is 12.9. The minimum atomic E-state index is -0.326. The fourth-order valence-corrected chi connectivity index (χ4v) is 2.99. The topological polar surface area (TPSA) is 71.1 Å². The molecule has 3 rings (SSSR count). The van der Waals surface area contributed by atoms with Crippen molar-refractivity contribution in [1.29, 1.82) is 0 Å². The van der Waals surface area contributed by atoms with Crippen LogP contribution in [0.3, 0.4) is 0 Å². The van der Waals surface area contributed by atoms with Crippen LogP contribution in [0.15, 0.2) is 42.5 Å². The van der Waals surface area contributed by atoms with E-state index in [-0.39, 0.29) is 30.8 Å². The zero-order valence-corrected chi connectivity index (χ0v) is 15.8. The van der Waals surface area contributed by atoms with Crippen LogP contribution in [-0.2, 0) is 11.3 Å². The lowest BCUT2D eigenvalue weighted by atomic mass is 10.2. The molecule has 0 aromatic heterocycles. The summed E-state index contributed by atoms with van der Waals surface area (Å²) in [5.41, 5.74) is 1.46. The first-order valence-electron chi connectivity index (χ1n) is 8.81. The van der Waals surface area contributed by atoms with Crippen molar-refractivity contribution in [2.75, 3.05) is 38.8 Å². The monoisotopic (exact) mass is 387 g/mol. The van der Waals surface area contributed by atoms with Crippen molar-refractivity contribution in [3.63, 3.8) is 0 Å². The van der Waals surface area contributed by atoms with Gasteiger partial charge in [-0.1, -0.05) is 12.1 Å². The second kappa shape index (κ2) is 8.60. The number of rotatable bonds is 7. The van der Waals surface area contributed by atoms with Crippen LogP contribution in [0.1, 0.15) is 5.56 Å². The number of hydrogen-bond donors (Lipinski definition) is 1. The van der Waals surface area contributed by atoms with Crippen molar-refractivity contribution in [1.82, 2.24) is 10.2 Å². The fourth-order valence-electron chi connectivity index (χ4n) is 2.99. The van der Waals surface area contributed by atoms with Gasteiger partial charge in [0.15, 0.2) is 11.5 Å². The Labute approximate surface area is 162 Å². The van der Waals surface area contributed by atoms with E-state index in [0.717, 1.165) is 5.56 Å². The number of halogens is 1. The molecule has 148 valence electrons. The van der Waals surface area contributed by atoms with Crippen LogP contribution in [0, 0.1) is 5.82 Å². The van der Waals surface area contributed by atoms with Crippen molar-refractivity contribution >= 4 is 17.6 Å². The van der Waals surface area contributed by atoms with Gasteiger partial charge in [-0.15, -0.1) is 0 Å². The Balaban J connectivity index is 1.57. The number of urea groups is 1. The number of methoxy groups -OCH3 is 2. The van der Waals surface area contributed by atoms with E-state index in [1.807, 2.05) is 0 Å². The number of amides is 3. The van der Waals surface area contributed by atoms with Gasteiger partial charge in [0.05, 0.1) is 14.2 Å². The van der Waals surface area contributed by atoms with Crippen LogP contribution in [-0.4, -0.2) is 50.7 Å². The molecule has 0 atom stereocenters. The van der Waals surface area contributed by atoms with Gasteiger partial charge in [0.2, 0.25) is 5.91 Å². The van der Waals surface area contributed by atoms with Crippen LogP contribution >= 0.6 is 0 Å². The highest BCUT2D eigenvalue weighted by molar-refractivity contribution is 5.96. The minimum absolute atomic E-state index is 0.0379. The van der Waals surface area contributed by atoms with E-state index in [4.69, 9.17) is 9.47 Å². The van der Waals surface area contributed by atoms with Gasteiger partial charge in [0.1, 0.15) is 12.4 Å². The summed E-state index contributed by atoms with van der Waals surface area (Å²) in [6.45, 7) is 1.15. The maximum Gasteiger partial charge on any atom is 0.325 e. The van der Waals surface area contributed by atoms with Gasteiger partial charge in [-0.3, -0.25) is 9.69 Å². The Morgan fingerprint density at radius 1 is 1.07 bits per heavy atom. The smallest absolute Gasteiger partial charge is 0.325 e. The van der Waals surface area contributed by atoms with Crippen LogP contribution in [0.4, 0.5) is 14.9 Å². The van der Waals surface area contributed by atoms with Crippen molar-refractivity contribution < 1.29 is 23.5 Å². The predicted octanol–water partition coefficient (Wildman–Crippen LogP) is 2.40. The van der Waals surface area contributed by atoms with Gasteiger partial charge < -0.3 is 19.7 Å². The van der Waals surface area contributed by atoms with Gasteiger partial charge in [0.25, 0.3) is 0 Å². The third-order valence-electron chi connectivity index (χ3n) is 4.51. The Morgan fingerprint density at radius 3 is 2.46 bits per heavy atom. The van der Waals surface area contributed by atoms with Crippen LogP contribution < -0.4 is 19.7 Å². The Morgan fingerprint density at radius 2 is 1.79 bits per heavy atom. The summed E-state index contributed by atoms with van der Waals surface area (Å²) in [7, 11) is 3.08. The number of carbonyl (C=O) groups is 2. The number of carbonyl (C=O) groups excluding carboxylic acids is 2. The highest BCUT2D eigenvalue weighted by Crippen LogP contribution is 2.32. The number of nitrogens with one attached hydrogen (secondary N) is 1. The molecule has 0 spiro atoms. The third-order valence-corrected chi connectivity index (χ3v) is 4.51. The molecule has 2 aromatic rings. The summed E-state index contributed by atoms with van der Waals surface area (Å²) < 4.78 is 23.4. The van der Waals surface area contributed by atoms with Crippen molar-refractivity contribution in [3.8, 4) is 11.5 Å². The average Bonchev–Trinajstić information content (AvgIpc) is 3.07. The first kappa shape index (κ1) is 19.5. The molecule has 8 heteroatoms. The number of ether oxygens (including phenoxy) is 2. The van der Waals surface area contributed by atoms with E-state index in [2.05, 4.69) is 5.32 Å². The lowest BCUT2D eigenvalue weighted by Gasteiger charge is -2.19. The molecule has 0 radical (unpaired) electrons. The van der Waals surface area contributed by atoms with E-state index < -0.39 is 0 Å². The predicted molar refractivity (Wildman–Crippen MR) is 102 cm³/mol. The molecule has 1 aliphatic rings. The minimum Gasteiger partial charge on any atom is -0.493 e. The van der Waals surface area contributed by atoms with E-state index in [0.29, 0.717) is 30.3 Å². The second-order valence-corrected chi connectivity index (χ2v) is 6.30. The van der Waals surface area contributed by atoms with E-state index in [1.54, 1.807) is 42.3 Å². The first-order valence-corrected chi connectivity index (χ1v) is 8.81. The zero-order chi connectivity index (χ0) is 20.1. The van der Waals surface area contributed by atoms with Gasteiger partial charge in [-0.05, 0) is 29.8 Å².